The van der Waals surface area contributed by atoms with Gasteiger partial charge in [0.25, 0.3) is 5.56 Å². The molecule has 4 rings (SSSR count). The molecule has 0 bridgehead atoms. The fraction of sp³-hybridized carbons (Fsp3) is 0.240. The molecule has 0 aliphatic carbocycles. The minimum absolute atomic E-state index is 0.199. The first kappa shape index (κ1) is 23.0. The second-order valence-electron chi connectivity index (χ2n) is 7.31. The number of hydrogen-bond donors (Lipinski definition) is 0. The van der Waals surface area contributed by atoms with Gasteiger partial charge in [-0.25, -0.2) is 0 Å². The van der Waals surface area contributed by atoms with Crippen LogP contribution in [-0.4, -0.2) is 27.8 Å². The minimum atomic E-state index is -0.199. The molecule has 2 heterocycles. The van der Waals surface area contributed by atoms with E-state index in [1.54, 1.807) is 6.08 Å². The van der Waals surface area contributed by atoms with Crippen LogP contribution in [0.25, 0.3) is 23.2 Å². The van der Waals surface area contributed by atoms with E-state index in [0.717, 1.165) is 24.0 Å². The molecule has 0 atom stereocenters. The molecule has 0 aliphatic rings. The first-order chi connectivity index (χ1) is 16.1. The van der Waals surface area contributed by atoms with Crippen LogP contribution in [0.4, 0.5) is 0 Å². The van der Waals surface area contributed by atoms with Gasteiger partial charge in [0.15, 0.2) is 17.3 Å². The van der Waals surface area contributed by atoms with Crippen molar-refractivity contribution in [3.8, 4) is 11.5 Å². The van der Waals surface area contributed by atoms with Gasteiger partial charge in [-0.2, -0.15) is 9.50 Å². The number of aromatic nitrogens is 3. The van der Waals surface area contributed by atoms with E-state index in [-0.39, 0.29) is 5.56 Å². The minimum Gasteiger partial charge on any atom is -0.490 e. The fourth-order valence-electron chi connectivity index (χ4n) is 3.14. The molecule has 2 aromatic carbocycles. The Morgan fingerprint density at radius 3 is 2.55 bits per heavy atom. The summed E-state index contributed by atoms with van der Waals surface area (Å²) < 4.78 is 13.5. The van der Waals surface area contributed by atoms with E-state index in [1.165, 1.54) is 15.9 Å². The van der Waals surface area contributed by atoms with Gasteiger partial charge in [0, 0.05) is 5.02 Å². The highest BCUT2D eigenvalue weighted by Crippen LogP contribution is 2.29. The SMILES string of the molecule is CCCCOc1ccc(/C=c2/sc3nc(/C=C/c4ccc(Cl)cc4)nn3c2=O)cc1OCC. The molecule has 0 saturated carbocycles. The van der Waals surface area contributed by atoms with E-state index in [9.17, 15) is 4.79 Å². The number of hydrogen-bond acceptors (Lipinski definition) is 6. The van der Waals surface area contributed by atoms with Crippen molar-refractivity contribution < 1.29 is 9.47 Å². The molecule has 0 fully saturated rings. The fourth-order valence-corrected chi connectivity index (χ4v) is 4.18. The standard InChI is InChI=1S/C25H24ClN3O3S/c1-3-5-14-32-20-12-8-18(15-21(20)31-4-2)16-22-24(30)29-25(33-22)27-23(28-29)13-9-17-6-10-19(26)11-7-17/h6-13,15-16H,3-5,14H2,1-2H3/b13-9+,22-16+. The molecular weight excluding hydrogens is 458 g/mol. The summed E-state index contributed by atoms with van der Waals surface area (Å²) in [7, 11) is 0. The van der Waals surface area contributed by atoms with Crippen molar-refractivity contribution in [3.05, 3.63) is 79.3 Å². The van der Waals surface area contributed by atoms with Crippen molar-refractivity contribution in [1.82, 2.24) is 14.6 Å². The lowest BCUT2D eigenvalue weighted by molar-refractivity contribution is 0.272. The smallest absolute Gasteiger partial charge is 0.291 e. The molecule has 170 valence electrons. The topological polar surface area (TPSA) is 65.7 Å². The van der Waals surface area contributed by atoms with Crippen molar-refractivity contribution in [2.24, 2.45) is 0 Å². The van der Waals surface area contributed by atoms with Crippen molar-refractivity contribution in [1.29, 1.82) is 0 Å². The molecule has 0 N–H and O–H groups in total. The van der Waals surface area contributed by atoms with Crippen LogP contribution in [0.3, 0.4) is 0 Å². The van der Waals surface area contributed by atoms with E-state index in [2.05, 4.69) is 17.0 Å². The summed E-state index contributed by atoms with van der Waals surface area (Å²) in [6.45, 7) is 5.23. The van der Waals surface area contributed by atoms with Crippen LogP contribution >= 0.6 is 22.9 Å². The first-order valence-electron chi connectivity index (χ1n) is 10.8. The lowest BCUT2D eigenvalue weighted by Crippen LogP contribution is -2.23. The summed E-state index contributed by atoms with van der Waals surface area (Å²) in [6, 6.07) is 13.1. The van der Waals surface area contributed by atoms with Crippen LogP contribution in [0.15, 0.2) is 47.3 Å². The van der Waals surface area contributed by atoms with Gasteiger partial charge in [-0.15, -0.1) is 5.10 Å². The van der Waals surface area contributed by atoms with Crippen molar-refractivity contribution in [3.63, 3.8) is 0 Å². The zero-order chi connectivity index (χ0) is 23.2. The molecule has 4 aromatic rings. The molecule has 0 amide bonds. The van der Waals surface area contributed by atoms with Gasteiger partial charge in [-0.05, 0) is 60.9 Å². The number of unbranched alkanes of at least 4 members (excludes halogenated alkanes) is 1. The Bertz CT molecular complexity index is 1380. The second-order valence-corrected chi connectivity index (χ2v) is 8.75. The molecule has 0 radical (unpaired) electrons. The molecule has 6 nitrogen and oxygen atoms in total. The highest BCUT2D eigenvalue weighted by molar-refractivity contribution is 7.15. The summed E-state index contributed by atoms with van der Waals surface area (Å²) in [5.74, 6) is 1.86. The zero-order valence-electron chi connectivity index (χ0n) is 18.5. The average Bonchev–Trinajstić information content (AvgIpc) is 3.34. The molecule has 2 aromatic heterocycles. The molecule has 33 heavy (non-hydrogen) atoms. The molecule has 8 heteroatoms. The van der Waals surface area contributed by atoms with Gasteiger partial charge in [-0.1, -0.05) is 60.6 Å². The maximum Gasteiger partial charge on any atom is 0.291 e. The third kappa shape index (κ3) is 5.61. The van der Waals surface area contributed by atoms with Crippen molar-refractivity contribution in [2.45, 2.75) is 26.7 Å². The van der Waals surface area contributed by atoms with Crippen molar-refractivity contribution >= 4 is 46.1 Å². The van der Waals surface area contributed by atoms with E-state index >= 15 is 0 Å². The number of benzene rings is 2. The second kappa shape index (κ2) is 10.6. The van der Waals surface area contributed by atoms with E-state index < -0.39 is 0 Å². The van der Waals surface area contributed by atoms with Gasteiger partial charge < -0.3 is 9.47 Å². The summed E-state index contributed by atoms with van der Waals surface area (Å²) in [5, 5.41) is 5.02. The van der Waals surface area contributed by atoms with Gasteiger partial charge in [0.2, 0.25) is 4.96 Å². The summed E-state index contributed by atoms with van der Waals surface area (Å²) >= 11 is 7.22. The predicted molar refractivity (Wildman–Crippen MR) is 134 cm³/mol. The maximum absolute atomic E-state index is 12.9. The number of fused-ring (bicyclic) bond motifs is 1. The van der Waals surface area contributed by atoms with Crippen LogP contribution in [0.5, 0.6) is 11.5 Å². The molecule has 0 saturated heterocycles. The summed E-state index contributed by atoms with van der Waals surface area (Å²) in [6.07, 6.45) is 7.53. The zero-order valence-corrected chi connectivity index (χ0v) is 20.0. The number of rotatable bonds is 9. The molecule has 0 unspecified atom stereocenters. The first-order valence-corrected chi connectivity index (χ1v) is 12.0. The van der Waals surface area contributed by atoms with Gasteiger partial charge in [0.1, 0.15) is 0 Å². The Balaban J connectivity index is 1.59. The normalized spacial score (nSPS) is 12.2. The Morgan fingerprint density at radius 2 is 1.82 bits per heavy atom. The Hall–Kier alpha value is -3.16. The highest BCUT2D eigenvalue weighted by atomic mass is 35.5. The van der Waals surface area contributed by atoms with E-state index in [4.69, 9.17) is 21.1 Å². The van der Waals surface area contributed by atoms with Crippen LogP contribution < -0.4 is 19.6 Å². The Labute approximate surface area is 200 Å². The maximum atomic E-state index is 12.9. The monoisotopic (exact) mass is 481 g/mol. The largest absolute Gasteiger partial charge is 0.490 e. The van der Waals surface area contributed by atoms with Crippen LogP contribution in [0.1, 0.15) is 43.6 Å². The summed E-state index contributed by atoms with van der Waals surface area (Å²) in [4.78, 5) is 17.9. The predicted octanol–water partition coefficient (Wildman–Crippen LogP) is 5.10. The summed E-state index contributed by atoms with van der Waals surface area (Å²) in [5.41, 5.74) is 1.63. The van der Waals surface area contributed by atoms with Gasteiger partial charge in [-0.3, -0.25) is 4.79 Å². The number of halogens is 1. The van der Waals surface area contributed by atoms with E-state index in [0.29, 0.717) is 45.1 Å². The lowest BCUT2D eigenvalue weighted by atomic mass is 10.2. The lowest BCUT2D eigenvalue weighted by Gasteiger charge is -2.12. The van der Waals surface area contributed by atoms with E-state index in [1.807, 2.05) is 61.5 Å². The molecular formula is C25H24ClN3O3S. The highest BCUT2D eigenvalue weighted by Gasteiger charge is 2.10. The van der Waals surface area contributed by atoms with Gasteiger partial charge >= 0.3 is 0 Å². The number of thiazole rings is 1. The average molecular weight is 482 g/mol. The number of ether oxygens (including phenoxy) is 2. The van der Waals surface area contributed by atoms with Crippen molar-refractivity contribution in [2.75, 3.05) is 13.2 Å². The van der Waals surface area contributed by atoms with Crippen LogP contribution in [0.2, 0.25) is 5.02 Å². The Kier molecular flexibility index (Phi) is 7.42. The van der Waals surface area contributed by atoms with Crippen LogP contribution in [0, 0.1) is 0 Å². The number of nitrogens with zero attached hydrogens (tertiary/aromatic N) is 3. The third-order valence-electron chi connectivity index (χ3n) is 4.81. The third-order valence-corrected chi connectivity index (χ3v) is 6.03. The quantitative estimate of drug-likeness (QED) is 0.311. The Morgan fingerprint density at radius 1 is 1.03 bits per heavy atom. The van der Waals surface area contributed by atoms with Crippen LogP contribution in [-0.2, 0) is 0 Å². The van der Waals surface area contributed by atoms with Gasteiger partial charge in [0.05, 0.1) is 17.7 Å². The molecule has 0 aliphatic heterocycles. The molecule has 0 spiro atoms.